The lowest BCUT2D eigenvalue weighted by Crippen LogP contribution is -2.54. The zero-order valence-electron chi connectivity index (χ0n) is 11.8. The Morgan fingerprint density at radius 3 is 3.05 bits per heavy atom. The molecule has 1 aromatic rings. The minimum absolute atomic E-state index is 0.191. The average Bonchev–Trinajstić information content (AvgIpc) is 2.48. The van der Waals surface area contributed by atoms with Gasteiger partial charge < -0.3 is 20.1 Å². The first-order valence-corrected chi connectivity index (χ1v) is 6.97. The fourth-order valence-electron chi connectivity index (χ4n) is 3.63. The van der Waals surface area contributed by atoms with E-state index in [1.54, 1.807) is 12.1 Å². The Morgan fingerprint density at radius 2 is 2.30 bits per heavy atom. The van der Waals surface area contributed by atoms with Gasteiger partial charge in [0.05, 0.1) is 13.0 Å². The van der Waals surface area contributed by atoms with Crippen LogP contribution in [0.2, 0.25) is 0 Å². The molecule has 3 unspecified atom stereocenters. The average molecular weight is 276 g/mol. The van der Waals surface area contributed by atoms with Gasteiger partial charge in [0.25, 0.3) is 0 Å². The van der Waals surface area contributed by atoms with E-state index in [0.717, 1.165) is 30.8 Å². The van der Waals surface area contributed by atoms with Gasteiger partial charge in [0.15, 0.2) is 0 Å². The third-order valence-electron chi connectivity index (χ3n) is 4.60. The third-order valence-corrected chi connectivity index (χ3v) is 4.60. The zero-order chi connectivity index (χ0) is 14.3. The number of phenols is 1. The summed E-state index contributed by atoms with van der Waals surface area (Å²) in [6.45, 7) is 1.77. The van der Waals surface area contributed by atoms with Crippen LogP contribution >= 0.6 is 0 Å². The van der Waals surface area contributed by atoms with Crippen LogP contribution in [-0.4, -0.2) is 44.4 Å². The van der Waals surface area contributed by atoms with E-state index in [2.05, 4.69) is 10.2 Å². The number of piperidine rings is 1. The second kappa shape index (κ2) is 4.98. The number of benzene rings is 1. The molecule has 108 valence electrons. The first-order chi connectivity index (χ1) is 9.63. The van der Waals surface area contributed by atoms with E-state index in [0.29, 0.717) is 6.04 Å². The van der Waals surface area contributed by atoms with Crippen molar-refractivity contribution >= 4 is 11.7 Å². The monoisotopic (exact) mass is 276 g/mol. The highest BCUT2D eigenvalue weighted by Crippen LogP contribution is 2.44. The van der Waals surface area contributed by atoms with Crippen molar-refractivity contribution in [3.63, 3.8) is 0 Å². The smallest absolute Gasteiger partial charge is 0.313 e. The second-order valence-corrected chi connectivity index (χ2v) is 5.58. The van der Waals surface area contributed by atoms with Crippen LogP contribution in [0.15, 0.2) is 18.2 Å². The summed E-state index contributed by atoms with van der Waals surface area (Å²) in [6, 6.07) is 5.52. The molecule has 0 aliphatic carbocycles. The Morgan fingerprint density at radius 1 is 1.50 bits per heavy atom. The number of carbonyl (C=O) groups excluding carboxylic acids is 1. The predicted molar refractivity (Wildman–Crippen MR) is 76.0 cm³/mol. The second-order valence-electron chi connectivity index (χ2n) is 5.58. The first kappa shape index (κ1) is 13.2. The standard InChI is InChI=1S/C15H20N2O3/c1-17-12-5-6-16-8-11(12)14(15(19)20-2)10-4-3-9(18)7-13(10)17/h3-4,7,11-12,14,16,18H,5-6,8H2,1-2H3. The van der Waals surface area contributed by atoms with Crippen molar-refractivity contribution in [3.05, 3.63) is 23.8 Å². The summed E-state index contributed by atoms with van der Waals surface area (Å²) in [4.78, 5) is 14.4. The molecule has 1 saturated heterocycles. The molecular weight excluding hydrogens is 256 g/mol. The van der Waals surface area contributed by atoms with Gasteiger partial charge in [-0.3, -0.25) is 4.79 Å². The van der Waals surface area contributed by atoms with E-state index in [1.165, 1.54) is 7.11 Å². The van der Waals surface area contributed by atoms with Crippen molar-refractivity contribution in [1.82, 2.24) is 5.32 Å². The van der Waals surface area contributed by atoms with Crippen LogP contribution in [0.3, 0.4) is 0 Å². The van der Waals surface area contributed by atoms with Crippen LogP contribution in [-0.2, 0) is 9.53 Å². The minimum Gasteiger partial charge on any atom is -0.508 e. The maximum absolute atomic E-state index is 12.2. The van der Waals surface area contributed by atoms with Gasteiger partial charge in [0.2, 0.25) is 0 Å². The fraction of sp³-hybridized carbons (Fsp3) is 0.533. The van der Waals surface area contributed by atoms with Gasteiger partial charge in [-0.05, 0) is 24.6 Å². The predicted octanol–water partition coefficient (Wildman–Crippen LogP) is 1.08. The molecule has 2 aliphatic heterocycles. The molecular formula is C15H20N2O3. The SMILES string of the molecule is COC(=O)C1c2ccc(O)cc2N(C)C2CCNCC12. The Hall–Kier alpha value is -1.75. The third kappa shape index (κ3) is 1.93. The molecule has 3 atom stereocenters. The van der Waals surface area contributed by atoms with Gasteiger partial charge in [-0.25, -0.2) is 0 Å². The lowest BCUT2D eigenvalue weighted by Gasteiger charge is -2.47. The van der Waals surface area contributed by atoms with E-state index in [-0.39, 0.29) is 23.6 Å². The minimum atomic E-state index is -0.260. The normalized spacial score (nSPS) is 28.5. The number of carbonyl (C=O) groups is 1. The topological polar surface area (TPSA) is 61.8 Å². The van der Waals surface area contributed by atoms with Crippen LogP contribution in [0.1, 0.15) is 17.9 Å². The van der Waals surface area contributed by atoms with Crippen molar-refractivity contribution in [2.24, 2.45) is 5.92 Å². The molecule has 0 radical (unpaired) electrons. The molecule has 2 heterocycles. The number of hydrogen-bond donors (Lipinski definition) is 2. The molecule has 1 aromatic carbocycles. The highest BCUT2D eigenvalue weighted by atomic mass is 16.5. The molecule has 0 bridgehead atoms. The van der Waals surface area contributed by atoms with Gasteiger partial charge in [-0.2, -0.15) is 0 Å². The highest BCUT2D eigenvalue weighted by molar-refractivity contribution is 5.83. The van der Waals surface area contributed by atoms with Crippen molar-refractivity contribution < 1.29 is 14.6 Å². The van der Waals surface area contributed by atoms with Crippen molar-refractivity contribution in [2.75, 3.05) is 32.1 Å². The number of anilines is 1. The molecule has 1 fully saturated rings. The largest absolute Gasteiger partial charge is 0.508 e. The number of esters is 1. The quantitative estimate of drug-likeness (QED) is 0.752. The lowest BCUT2D eigenvalue weighted by molar-refractivity contribution is -0.144. The van der Waals surface area contributed by atoms with Crippen LogP contribution in [0, 0.1) is 5.92 Å². The number of methoxy groups -OCH3 is 1. The van der Waals surface area contributed by atoms with E-state index in [9.17, 15) is 9.90 Å². The Balaban J connectivity index is 2.11. The summed E-state index contributed by atoms with van der Waals surface area (Å²) in [5.41, 5.74) is 1.88. The van der Waals surface area contributed by atoms with Crippen LogP contribution in [0.25, 0.3) is 0 Å². The molecule has 0 amide bonds. The molecule has 20 heavy (non-hydrogen) atoms. The molecule has 2 aliphatic rings. The number of nitrogens with one attached hydrogen (secondary N) is 1. The Bertz CT molecular complexity index is 532. The number of rotatable bonds is 1. The van der Waals surface area contributed by atoms with Crippen LogP contribution in [0.5, 0.6) is 5.75 Å². The first-order valence-electron chi connectivity index (χ1n) is 6.97. The molecule has 0 spiro atoms. The highest BCUT2D eigenvalue weighted by Gasteiger charge is 2.44. The van der Waals surface area contributed by atoms with Gasteiger partial charge in [0.1, 0.15) is 5.75 Å². The van der Waals surface area contributed by atoms with Crippen LogP contribution < -0.4 is 10.2 Å². The lowest BCUT2D eigenvalue weighted by atomic mass is 9.74. The molecule has 0 aromatic heterocycles. The summed E-state index contributed by atoms with van der Waals surface area (Å²) < 4.78 is 5.01. The molecule has 3 rings (SSSR count). The maximum Gasteiger partial charge on any atom is 0.313 e. The van der Waals surface area contributed by atoms with Crippen molar-refractivity contribution in [2.45, 2.75) is 18.4 Å². The van der Waals surface area contributed by atoms with E-state index < -0.39 is 0 Å². The fourth-order valence-corrected chi connectivity index (χ4v) is 3.63. The van der Waals surface area contributed by atoms with Crippen molar-refractivity contribution in [1.29, 1.82) is 0 Å². The maximum atomic E-state index is 12.2. The van der Waals surface area contributed by atoms with E-state index >= 15 is 0 Å². The number of phenolic OH excluding ortho intramolecular Hbond substituents is 1. The van der Waals surface area contributed by atoms with E-state index in [1.807, 2.05) is 13.1 Å². The Kier molecular flexibility index (Phi) is 3.30. The number of nitrogens with zero attached hydrogens (tertiary/aromatic N) is 1. The zero-order valence-corrected chi connectivity index (χ0v) is 11.8. The molecule has 0 saturated carbocycles. The van der Waals surface area contributed by atoms with Gasteiger partial charge in [-0.15, -0.1) is 0 Å². The van der Waals surface area contributed by atoms with Crippen molar-refractivity contribution in [3.8, 4) is 5.75 Å². The number of ether oxygens (including phenoxy) is 1. The van der Waals surface area contributed by atoms with E-state index in [4.69, 9.17) is 4.74 Å². The van der Waals surface area contributed by atoms with Crippen LogP contribution in [0.4, 0.5) is 5.69 Å². The summed E-state index contributed by atoms with van der Waals surface area (Å²) >= 11 is 0. The molecule has 2 N–H and O–H groups in total. The Labute approximate surface area is 118 Å². The van der Waals surface area contributed by atoms with Gasteiger partial charge in [-0.1, -0.05) is 6.07 Å². The van der Waals surface area contributed by atoms with Gasteiger partial charge >= 0.3 is 5.97 Å². The number of aromatic hydroxyl groups is 1. The van der Waals surface area contributed by atoms with Gasteiger partial charge in [0, 0.05) is 37.3 Å². The molecule has 5 heteroatoms. The molecule has 5 nitrogen and oxygen atoms in total. The summed E-state index contributed by atoms with van der Waals surface area (Å²) in [5, 5.41) is 13.1. The summed E-state index contributed by atoms with van der Waals surface area (Å²) in [6.07, 6.45) is 0.990. The summed E-state index contributed by atoms with van der Waals surface area (Å²) in [7, 11) is 3.47. The number of hydrogen-bond acceptors (Lipinski definition) is 5. The number of fused-ring (bicyclic) bond motifs is 2. The summed E-state index contributed by atoms with van der Waals surface area (Å²) in [5.74, 6) is -0.0156.